The minimum atomic E-state index is 0.284. The lowest BCUT2D eigenvalue weighted by Gasteiger charge is -2.29. The lowest BCUT2D eigenvalue weighted by atomic mass is 9.81. The third kappa shape index (κ3) is 3.52. The molecular weight excluding hydrogens is 214 g/mol. The fraction of sp³-hybridized carbons (Fsp3) is 0.929. The van der Waals surface area contributed by atoms with Crippen molar-refractivity contribution in [1.82, 2.24) is 4.90 Å². The van der Waals surface area contributed by atoms with Gasteiger partial charge in [-0.3, -0.25) is 4.79 Å². The number of carbonyl (C=O) groups excluding carboxylic acids is 1. The van der Waals surface area contributed by atoms with Gasteiger partial charge in [-0.2, -0.15) is 0 Å². The molecule has 1 saturated carbocycles. The highest BCUT2D eigenvalue weighted by Crippen LogP contribution is 2.28. The average molecular weight is 239 g/mol. The third-order valence-corrected chi connectivity index (χ3v) is 4.41. The molecule has 1 aliphatic heterocycles. The fourth-order valence-electron chi connectivity index (χ4n) is 3.31. The Kier molecular flexibility index (Phi) is 4.57. The molecule has 3 nitrogen and oxygen atoms in total. The van der Waals surface area contributed by atoms with Crippen molar-refractivity contribution in [3.05, 3.63) is 0 Å². The second-order valence-corrected chi connectivity index (χ2v) is 5.97. The standard InChI is InChI=1S/C14H25NO2/c1-11-2-3-14(17)13(8-11)10-15-6-4-12(9-15)5-7-16/h11-13,16H,2-10H2,1H3. The fourth-order valence-corrected chi connectivity index (χ4v) is 3.31. The summed E-state index contributed by atoms with van der Waals surface area (Å²) in [5.41, 5.74) is 0. The highest BCUT2D eigenvalue weighted by Gasteiger charge is 2.30. The molecule has 1 saturated heterocycles. The van der Waals surface area contributed by atoms with E-state index in [9.17, 15) is 4.79 Å². The van der Waals surface area contributed by atoms with Crippen molar-refractivity contribution in [1.29, 1.82) is 0 Å². The Balaban J connectivity index is 1.79. The van der Waals surface area contributed by atoms with Crippen LogP contribution in [0, 0.1) is 17.8 Å². The zero-order valence-corrected chi connectivity index (χ0v) is 10.9. The summed E-state index contributed by atoms with van der Waals surface area (Å²) in [5.74, 6) is 2.13. The summed E-state index contributed by atoms with van der Waals surface area (Å²) in [7, 11) is 0. The molecule has 98 valence electrons. The van der Waals surface area contributed by atoms with Crippen molar-refractivity contribution in [2.24, 2.45) is 17.8 Å². The Morgan fingerprint density at radius 1 is 1.41 bits per heavy atom. The number of aliphatic hydroxyl groups excluding tert-OH is 1. The lowest BCUT2D eigenvalue weighted by Crippen LogP contribution is -2.35. The molecule has 2 fully saturated rings. The van der Waals surface area contributed by atoms with Crippen molar-refractivity contribution < 1.29 is 9.90 Å². The summed E-state index contributed by atoms with van der Waals surface area (Å²) >= 11 is 0. The van der Waals surface area contributed by atoms with Crippen LogP contribution in [0.15, 0.2) is 0 Å². The van der Waals surface area contributed by atoms with Crippen LogP contribution in [0.3, 0.4) is 0 Å². The maximum Gasteiger partial charge on any atom is 0.137 e. The number of nitrogens with zero attached hydrogens (tertiary/aromatic N) is 1. The summed E-state index contributed by atoms with van der Waals surface area (Å²) in [6.45, 7) is 5.72. The van der Waals surface area contributed by atoms with Gasteiger partial charge in [0, 0.05) is 32.0 Å². The van der Waals surface area contributed by atoms with E-state index in [4.69, 9.17) is 5.11 Å². The van der Waals surface area contributed by atoms with Crippen molar-refractivity contribution >= 4 is 5.78 Å². The van der Waals surface area contributed by atoms with Crippen LogP contribution >= 0.6 is 0 Å². The number of rotatable bonds is 4. The SMILES string of the molecule is CC1CCC(=O)C(CN2CCC(CCO)C2)C1. The topological polar surface area (TPSA) is 40.5 Å². The predicted molar refractivity (Wildman–Crippen MR) is 67.8 cm³/mol. The monoisotopic (exact) mass is 239 g/mol. The number of Topliss-reactive ketones (excluding diaryl/α,β-unsaturated/α-hetero) is 1. The van der Waals surface area contributed by atoms with Gasteiger partial charge in [0.1, 0.15) is 5.78 Å². The summed E-state index contributed by atoms with van der Waals surface area (Å²) < 4.78 is 0. The summed E-state index contributed by atoms with van der Waals surface area (Å²) in [6, 6.07) is 0. The molecule has 0 aromatic rings. The Morgan fingerprint density at radius 2 is 2.24 bits per heavy atom. The van der Waals surface area contributed by atoms with Gasteiger partial charge in [0.15, 0.2) is 0 Å². The molecule has 3 unspecified atom stereocenters. The van der Waals surface area contributed by atoms with Crippen molar-refractivity contribution in [2.45, 2.75) is 39.0 Å². The zero-order valence-electron chi connectivity index (χ0n) is 10.9. The molecule has 0 radical (unpaired) electrons. The van der Waals surface area contributed by atoms with E-state index >= 15 is 0 Å². The molecule has 0 amide bonds. The highest BCUT2D eigenvalue weighted by molar-refractivity contribution is 5.81. The van der Waals surface area contributed by atoms with Gasteiger partial charge < -0.3 is 10.0 Å². The van der Waals surface area contributed by atoms with E-state index in [1.807, 2.05) is 0 Å². The molecule has 2 aliphatic rings. The largest absolute Gasteiger partial charge is 0.396 e. The summed E-state index contributed by atoms with van der Waals surface area (Å²) in [5, 5.41) is 8.94. The maximum absolute atomic E-state index is 11.9. The Morgan fingerprint density at radius 3 is 3.00 bits per heavy atom. The quantitative estimate of drug-likeness (QED) is 0.811. The van der Waals surface area contributed by atoms with Crippen LogP contribution in [0.5, 0.6) is 0 Å². The molecule has 0 spiro atoms. The van der Waals surface area contributed by atoms with Crippen LogP contribution in [0.1, 0.15) is 39.0 Å². The Labute approximate surface area is 104 Å². The molecule has 3 heteroatoms. The molecule has 3 atom stereocenters. The predicted octanol–water partition coefficient (Wildman–Crippen LogP) is 1.70. The van der Waals surface area contributed by atoms with E-state index in [0.717, 1.165) is 45.3 Å². The van der Waals surface area contributed by atoms with Crippen molar-refractivity contribution in [3.8, 4) is 0 Å². The molecule has 1 N–H and O–H groups in total. The van der Waals surface area contributed by atoms with Crippen LogP contribution < -0.4 is 0 Å². The zero-order chi connectivity index (χ0) is 12.3. The molecule has 0 aromatic carbocycles. The molecule has 2 rings (SSSR count). The van der Waals surface area contributed by atoms with Gasteiger partial charge >= 0.3 is 0 Å². The van der Waals surface area contributed by atoms with E-state index < -0.39 is 0 Å². The van der Waals surface area contributed by atoms with Crippen molar-refractivity contribution in [2.75, 3.05) is 26.2 Å². The summed E-state index contributed by atoms with van der Waals surface area (Å²) in [4.78, 5) is 14.3. The molecule has 17 heavy (non-hydrogen) atoms. The highest BCUT2D eigenvalue weighted by atomic mass is 16.3. The first-order valence-corrected chi connectivity index (χ1v) is 7.05. The van der Waals surface area contributed by atoms with Crippen LogP contribution in [-0.4, -0.2) is 42.0 Å². The van der Waals surface area contributed by atoms with Gasteiger partial charge in [0.25, 0.3) is 0 Å². The molecule has 0 bridgehead atoms. The van der Waals surface area contributed by atoms with E-state index in [0.29, 0.717) is 24.2 Å². The number of hydrogen-bond acceptors (Lipinski definition) is 3. The number of likely N-dealkylation sites (tertiary alicyclic amines) is 1. The van der Waals surface area contributed by atoms with Gasteiger partial charge in [-0.1, -0.05) is 6.92 Å². The maximum atomic E-state index is 11.9. The van der Waals surface area contributed by atoms with Gasteiger partial charge in [0.2, 0.25) is 0 Å². The molecular formula is C14H25NO2. The average Bonchev–Trinajstić information content (AvgIpc) is 2.72. The smallest absolute Gasteiger partial charge is 0.137 e. The molecule has 1 aliphatic carbocycles. The van der Waals surface area contributed by atoms with Gasteiger partial charge in [-0.25, -0.2) is 0 Å². The van der Waals surface area contributed by atoms with Crippen LogP contribution in [0.4, 0.5) is 0 Å². The second kappa shape index (κ2) is 5.96. The van der Waals surface area contributed by atoms with E-state index in [1.165, 1.54) is 6.42 Å². The van der Waals surface area contributed by atoms with Gasteiger partial charge in [-0.15, -0.1) is 0 Å². The number of carbonyl (C=O) groups is 1. The first-order valence-electron chi connectivity index (χ1n) is 7.05. The van der Waals surface area contributed by atoms with E-state index in [-0.39, 0.29) is 5.92 Å². The van der Waals surface area contributed by atoms with Gasteiger partial charge in [-0.05, 0) is 44.1 Å². The number of hydrogen-bond donors (Lipinski definition) is 1. The van der Waals surface area contributed by atoms with Gasteiger partial charge in [0.05, 0.1) is 0 Å². The minimum absolute atomic E-state index is 0.284. The van der Waals surface area contributed by atoms with E-state index in [1.54, 1.807) is 0 Å². The molecule has 1 heterocycles. The summed E-state index contributed by atoms with van der Waals surface area (Å²) in [6.07, 6.45) is 5.07. The first kappa shape index (κ1) is 13.0. The second-order valence-electron chi connectivity index (χ2n) is 5.97. The molecule has 0 aromatic heterocycles. The normalized spacial score (nSPS) is 35.4. The number of aliphatic hydroxyl groups is 1. The van der Waals surface area contributed by atoms with Crippen LogP contribution in [-0.2, 0) is 4.79 Å². The lowest BCUT2D eigenvalue weighted by molar-refractivity contribution is -0.126. The Bertz CT molecular complexity index is 267. The minimum Gasteiger partial charge on any atom is -0.396 e. The third-order valence-electron chi connectivity index (χ3n) is 4.41. The van der Waals surface area contributed by atoms with Crippen LogP contribution in [0.25, 0.3) is 0 Å². The Hall–Kier alpha value is -0.410. The first-order chi connectivity index (χ1) is 8.19. The van der Waals surface area contributed by atoms with Crippen molar-refractivity contribution in [3.63, 3.8) is 0 Å². The van der Waals surface area contributed by atoms with Crippen LogP contribution in [0.2, 0.25) is 0 Å². The number of ketones is 1. The van der Waals surface area contributed by atoms with E-state index in [2.05, 4.69) is 11.8 Å².